The normalized spacial score (nSPS) is 10.5. The van der Waals surface area contributed by atoms with Crippen molar-refractivity contribution in [1.82, 2.24) is 10.2 Å². The van der Waals surface area contributed by atoms with Crippen LogP contribution in [0.25, 0.3) is 0 Å². The molecule has 3 aromatic rings. The number of thioether (sulfide) groups is 1. The standard InChI is InChI=1S/C17H13ClN4O5S/c18-11-5-7-12(8-6-11)26-9-16-20-21-17(27-16)28-10-15(23)19-13-3-1-2-4-14(13)22(24)25/h1-8H,9-10H2,(H,19,23). The Kier molecular flexibility index (Phi) is 6.45. The highest BCUT2D eigenvalue weighted by molar-refractivity contribution is 7.99. The number of carbonyl (C=O) groups excluding carboxylic acids is 1. The van der Waals surface area contributed by atoms with Crippen LogP contribution in [0.1, 0.15) is 5.89 Å². The molecule has 3 rings (SSSR count). The number of ether oxygens (including phenoxy) is 1. The molecule has 0 atom stereocenters. The van der Waals surface area contributed by atoms with E-state index in [0.717, 1.165) is 11.8 Å². The molecule has 0 aliphatic carbocycles. The number of nitro groups is 1. The minimum atomic E-state index is -0.562. The molecule has 0 bridgehead atoms. The van der Waals surface area contributed by atoms with Crippen molar-refractivity contribution in [2.24, 2.45) is 0 Å². The van der Waals surface area contributed by atoms with Gasteiger partial charge in [0, 0.05) is 11.1 Å². The summed E-state index contributed by atoms with van der Waals surface area (Å²) < 4.78 is 10.9. The van der Waals surface area contributed by atoms with E-state index in [1.807, 2.05) is 0 Å². The summed E-state index contributed by atoms with van der Waals surface area (Å²) in [5.74, 6) is 0.361. The minimum absolute atomic E-state index is 0.0499. The van der Waals surface area contributed by atoms with Gasteiger partial charge in [-0.3, -0.25) is 14.9 Å². The molecular weight excluding hydrogens is 408 g/mol. The highest BCUT2D eigenvalue weighted by Gasteiger charge is 2.16. The zero-order valence-corrected chi connectivity index (χ0v) is 15.8. The molecule has 11 heteroatoms. The molecular formula is C17H13ClN4O5S. The van der Waals surface area contributed by atoms with Crippen molar-refractivity contribution in [3.63, 3.8) is 0 Å². The van der Waals surface area contributed by atoms with Gasteiger partial charge in [0.1, 0.15) is 11.4 Å². The number of nitrogens with zero attached hydrogens (tertiary/aromatic N) is 3. The molecule has 9 nitrogen and oxygen atoms in total. The Balaban J connectivity index is 1.49. The van der Waals surface area contributed by atoms with E-state index >= 15 is 0 Å². The van der Waals surface area contributed by atoms with Crippen LogP contribution in [-0.2, 0) is 11.4 Å². The first-order valence-corrected chi connectivity index (χ1v) is 9.24. The fourth-order valence-electron chi connectivity index (χ4n) is 2.08. The summed E-state index contributed by atoms with van der Waals surface area (Å²) in [6.45, 7) is 0.0671. The third-order valence-electron chi connectivity index (χ3n) is 3.33. The summed E-state index contributed by atoms with van der Waals surface area (Å²) in [6, 6.07) is 12.7. The molecule has 1 aromatic heterocycles. The maximum absolute atomic E-state index is 12.0. The molecule has 0 aliphatic rings. The molecule has 0 saturated heterocycles. The lowest BCUT2D eigenvalue weighted by molar-refractivity contribution is -0.383. The highest BCUT2D eigenvalue weighted by atomic mass is 35.5. The third kappa shape index (κ3) is 5.44. The second kappa shape index (κ2) is 9.20. The summed E-state index contributed by atoms with van der Waals surface area (Å²) in [6.07, 6.45) is 0. The molecule has 0 unspecified atom stereocenters. The van der Waals surface area contributed by atoms with Crippen molar-refractivity contribution in [2.75, 3.05) is 11.1 Å². The molecule has 0 spiro atoms. The molecule has 1 N–H and O–H groups in total. The van der Waals surface area contributed by atoms with Crippen LogP contribution >= 0.6 is 23.4 Å². The average Bonchev–Trinajstić information content (AvgIpc) is 3.14. The number of nitrogens with one attached hydrogen (secondary N) is 1. The van der Waals surface area contributed by atoms with E-state index in [9.17, 15) is 14.9 Å². The summed E-state index contributed by atoms with van der Waals surface area (Å²) >= 11 is 6.81. The van der Waals surface area contributed by atoms with E-state index in [0.29, 0.717) is 10.8 Å². The number of rotatable bonds is 8. The molecule has 1 heterocycles. The van der Waals surface area contributed by atoms with E-state index in [1.165, 1.54) is 18.2 Å². The van der Waals surface area contributed by atoms with Crippen LogP contribution in [0.2, 0.25) is 5.02 Å². The molecule has 1 amide bonds. The number of para-hydroxylation sites is 2. The van der Waals surface area contributed by atoms with E-state index in [4.69, 9.17) is 20.8 Å². The Hall–Kier alpha value is -3.11. The van der Waals surface area contributed by atoms with E-state index in [2.05, 4.69) is 15.5 Å². The summed E-state index contributed by atoms with van der Waals surface area (Å²) in [5, 5.41) is 21.9. The van der Waals surface area contributed by atoms with Gasteiger partial charge in [0.2, 0.25) is 5.91 Å². The van der Waals surface area contributed by atoms with Gasteiger partial charge >= 0.3 is 0 Å². The van der Waals surface area contributed by atoms with Gasteiger partial charge in [0.25, 0.3) is 16.8 Å². The predicted molar refractivity (Wildman–Crippen MR) is 103 cm³/mol. The first-order valence-electron chi connectivity index (χ1n) is 7.88. The van der Waals surface area contributed by atoms with Crippen LogP contribution in [0.4, 0.5) is 11.4 Å². The molecule has 0 fully saturated rings. The quantitative estimate of drug-likeness (QED) is 0.330. The van der Waals surface area contributed by atoms with Gasteiger partial charge in [-0.05, 0) is 30.3 Å². The van der Waals surface area contributed by atoms with Gasteiger partial charge < -0.3 is 14.5 Å². The number of carbonyl (C=O) groups is 1. The van der Waals surface area contributed by atoms with Crippen LogP contribution in [0.3, 0.4) is 0 Å². The van der Waals surface area contributed by atoms with Gasteiger partial charge in [-0.15, -0.1) is 10.2 Å². The molecule has 2 aromatic carbocycles. The summed E-state index contributed by atoms with van der Waals surface area (Å²) in [5.41, 5.74) is -0.0547. The fourth-order valence-corrected chi connectivity index (χ4v) is 2.79. The fraction of sp³-hybridized carbons (Fsp3) is 0.118. The van der Waals surface area contributed by atoms with Crippen molar-refractivity contribution in [3.8, 4) is 5.75 Å². The Labute approximate surface area is 168 Å². The second-order valence-electron chi connectivity index (χ2n) is 5.32. The topological polar surface area (TPSA) is 120 Å². The Morgan fingerprint density at radius 3 is 2.71 bits per heavy atom. The van der Waals surface area contributed by atoms with E-state index in [1.54, 1.807) is 30.3 Å². The Morgan fingerprint density at radius 2 is 1.96 bits per heavy atom. The number of hydrogen-bond donors (Lipinski definition) is 1. The van der Waals surface area contributed by atoms with Gasteiger partial charge in [-0.2, -0.15) is 0 Å². The van der Waals surface area contributed by atoms with Crippen molar-refractivity contribution in [2.45, 2.75) is 11.8 Å². The van der Waals surface area contributed by atoms with E-state index < -0.39 is 10.8 Å². The first kappa shape index (κ1) is 19.6. The van der Waals surface area contributed by atoms with Gasteiger partial charge in [-0.1, -0.05) is 35.5 Å². The largest absolute Gasteiger partial charge is 0.484 e. The molecule has 144 valence electrons. The zero-order valence-electron chi connectivity index (χ0n) is 14.2. The number of nitro benzene ring substituents is 1. The van der Waals surface area contributed by atoms with E-state index in [-0.39, 0.29) is 34.8 Å². The number of aromatic nitrogens is 2. The maximum Gasteiger partial charge on any atom is 0.292 e. The molecule has 0 aliphatic heterocycles. The molecule has 28 heavy (non-hydrogen) atoms. The highest BCUT2D eigenvalue weighted by Crippen LogP contribution is 2.24. The Bertz CT molecular complexity index is 980. The maximum atomic E-state index is 12.0. The lowest BCUT2D eigenvalue weighted by atomic mass is 10.2. The average molecular weight is 421 g/mol. The smallest absolute Gasteiger partial charge is 0.292 e. The molecule has 0 saturated carbocycles. The number of anilines is 1. The van der Waals surface area contributed by atoms with Crippen LogP contribution in [0.5, 0.6) is 5.75 Å². The summed E-state index contributed by atoms with van der Waals surface area (Å²) in [7, 11) is 0. The van der Waals surface area contributed by atoms with Gasteiger partial charge in [0.15, 0.2) is 6.61 Å². The van der Waals surface area contributed by atoms with Crippen molar-refractivity contribution in [1.29, 1.82) is 0 Å². The molecule has 0 radical (unpaired) electrons. The Morgan fingerprint density at radius 1 is 1.21 bits per heavy atom. The third-order valence-corrected chi connectivity index (χ3v) is 4.40. The lowest BCUT2D eigenvalue weighted by Gasteiger charge is -2.04. The van der Waals surface area contributed by atoms with Crippen molar-refractivity contribution >= 4 is 40.6 Å². The number of amides is 1. The van der Waals surface area contributed by atoms with Crippen LogP contribution in [0, 0.1) is 10.1 Å². The number of halogens is 1. The second-order valence-corrected chi connectivity index (χ2v) is 6.68. The minimum Gasteiger partial charge on any atom is -0.484 e. The van der Waals surface area contributed by atoms with Gasteiger partial charge in [-0.25, -0.2) is 0 Å². The summed E-state index contributed by atoms with van der Waals surface area (Å²) in [4.78, 5) is 22.4. The van der Waals surface area contributed by atoms with Crippen LogP contribution < -0.4 is 10.1 Å². The SMILES string of the molecule is O=C(CSc1nnc(COc2ccc(Cl)cc2)o1)Nc1ccccc1[N+](=O)[O-]. The number of hydrogen-bond acceptors (Lipinski definition) is 8. The lowest BCUT2D eigenvalue weighted by Crippen LogP contribution is -2.15. The van der Waals surface area contributed by atoms with Crippen LogP contribution in [-0.4, -0.2) is 26.8 Å². The van der Waals surface area contributed by atoms with Gasteiger partial charge in [0.05, 0.1) is 10.7 Å². The zero-order chi connectivity index (χ0) is 19.9. The van der Waals surface area contributed by atoms with Crippen LogP contribution in [0.15, 0.2) is 58.2 Å². The first-order chi connectivity index (χ1) is 13.5. The van der Waals surface area contributed by atoms with Crippen molar-refractivity contribution in [3.05, 3.63) is 69.6 Å². The number of benzene rings is 2. The predicted octanol–water partition coefficient (Wildman–Crippen LogP) is 3.94. The monoisotopic (exact) mass is 420 g/mol. The van der Waals surface area contributed by atoms with Crippen molar-refractivity contribution < 1.29 is 18.9 Å².